The molecule has 0 unspecified atom stereocenters. The zero-order valence-electron chi connectivity index (χ0n) is 62.3. The van der Waals surface area contributed by atoms with E-state index in [0.29, 0.717) is 28.0 Å². The van der Waals surface area contributed by atoms with Crippen molar-refractivity contribution in [1.29, 1.82) is 0 Å². The van der Waals surface area contributed by atoms with Gasteiger partial charge in [0.2, 0.25) is 59.1 Å². The highest BCUT2D eigenvalue weighted by molar-refractivity contribution is 7.99. The Hall–Kier alpha value is -10.1. The first kappa shape index (κ1) is 88.8. The Balaban J connectivity index is 1.21. The summed E-state index contributed by atoms with van der Waals surface area (Å²) in [5, 5.41) is 57.8. The van der Waals surface area contributed by atoms with E-state index in [1.54, 1.807) is 86.6 Å². The molecule has 3 heterocycles. The Morgan fingerprint density at radius 3 is 1.79 bits per heavy atom. The number of carbonyl (C=O) groups is 12. The second-order valence-corrected chi connectivity index (χ2v) is 29.1. The smallest absolute Gasteiger partial charge is 0.407 e. The number of nitrogens with two attached hydrogens (primary N) is 5. The summed E-state index contributed by atoms with van der Waals surface area (Å²) in [6.07, 6.45) is -0.780. The molecule has 37 heteroatoms. The molecule has 12 amide bonds. The Bertz CT molecular complexity index is 3970. The van der Waals surface area contributed by atoms with Gasteiger partial charge in [0.15, 0.2) is 0 Å². The van der Waals surface area contributed by atoms with Crippen LogP contribution in [0, 0.1) is 5.92 Å². The normalized spacial score (nSPS) is 20.3. The van der Waals surface area contributed by atoms with Gasteiger partial charge in [0.1, 0.15) is 67.0 Å². The van der Waals surface area contributed by atoms with E-state index >= 15 is 0 Å². The van der Waals surface area contributed by atoms with Gasteiger partial charge in [0.05, 0.1) is 39.9 Å². The SMILES string of the molecule is CNC(=O)c1ccccc1Sc1ccc2c(/C=C/c3ccccn3)nn(S[C@H](C)COC(=O)N[C@@H](CCN)C(=O)N[C@H](C(=O)N[C@@H](CCN)C(=O)N[C@H]3CCNC(=O)[C@H]([C@@H](C)O)NC(=O)[C@H](CCN)NC(=O)[C@H](CCN)NC(=O)[C@H](CC(C)C)NC(=O)[C@@H](Cc4ccccc4)NC(=O)[C@H](CCN)NC3=O)[C@@H](C)O)c2c1. The minimum atomic E-state index is -1.83. The maximum Gasteiger partial charge on any atom is 0.407 e. The van der Waals surface area contributed by atoms with E-state index in [1.165, 1.54) is 37.6 Å². The molecule has 0 radical (unpaired) electrons. The van der Waals surface area contributed by atoms with Crippen LogP contribution in [0.5, 0.6) is 0 Å². The summed E-state index contributed by atoms with van der Waals surface area (Å²) in [6, 6.07) is 11.4. The van der Waals surface area contributed by atoms with E-state index in [4.69, 9.17) is 38.5 Å². The molecule has 598 valence electrons. The lowest BCUT2D eigenvalue weighted by Gasteiger charge is -2.29. The molecule has 0 spiro atoms. The minimum Gasteiger partial charge on any atom is -0.448 e. The summed E-state index contributed by atoms with van der Waals surface area (Å²) >= 11 is 2.62. The standard InChI is InChI=1S/C73H104N20O15S2/c1-40(2)36-56-69(103)84-50(23-29-74)63(97)83-53(26-32-77)67(101)90-60(42(4)94)71(105)81-35-28-55(66(100)82-51(24-30-75)65(99)88-57(70(104)87-56)37-44-14-8-7-9-15-44)85-64(98)52(25-31-76)86-72(106)61(43(5)95)91-68(102)54(27-33-78)89-73(107)108-39-41(3)110-93-58-38-46(109-59-18-11-10-17-48(59)62(96)79-6)20-21-47(58)49(92-93)22-19-45-16-12-13-34-80-45/h7-22,34,38,40-43,50-57,60-61,94-95H,23-33,35-37,39,74-78H2,1-6H3,(H,79,96)(H,81,105)(H,82,100)(H,83,97)(H,84,103)(H,85,98)(H,86,106)(H,87,104)(H,88,99)(H,89,107)(H,90,101)(H,91,102)/b22-19+/t41-,42-,43-,50+,51+,52+,53+,54+,55+,56+,57-,60+,61+/m1/s1. The predicted molar refractivity (Wildman–Crippen MR) is 414 cm³/mol. The number of nitrogens with zero attached hydrogens (tertiary/aromatic N) is 3. The number of rotatable bonds is 32. The molecule has 13 atom stereocenters. The number of ether oxygens (including phenoxy) is 1. The number of carbonyl (C=O) groups excluding carboxylic acids is 12. The Morgan fingerprint density at radius 2 is 1.20 bits per heavy atom. The first-order chi connectivity index (χ1) is 52.6. The molecule has 35 nitrogen and oxygen atoms in total. The molecule has 0 aliphatic carbocycles. The number of aromatic nitrogens is 3. The molecule has 110 heavy (non-hydrogen) atoms. The van der Waals surface area contributed by atoms with Crippen molar-refractivity contribution in [3.05, 3.63) is 120 Å². The first-order valence-electron chi connectivity index (χ1n) is 36.2. The molecule has 2 aromatic heterocycles. The Labute approximate surface area is 646 Å². The average molecular weight is 1570 g/mol. The third-order valence-electron chi connectivity index (χ3n) is 17.2. The number of nitrogens with one attached hydrogen (secondary N) is 12. The van der Waals surface area contributed by atoms with Gasteiger partial charge in [-0.2, -0.15) is 5.10 Å². The summed E-state index contributed by atoms with van der Waals surface area (Å²) in [7, 11) is 1.56. The second kappa shape index (κ2) is 45.1. The molecule has 1 fully saturated rings. The van der Waals surface area contributed by atoms with Crippen LogP contribution in [0.1, 0.15) is 107 Å². The van der Waals surface area contributed by atoms with E-state index in [9.17, 15) is 67.7 Å². The van der Waals surface area contributed by atoms with Crippen LogP contribution in [0.3, 0.4) is 0 Å². The van der Waals surface area contributed by atoms with Crippen molar-refractivity contribution < 1.29 is 72.5 Å². The monoisotopic (exact) mass is 1560 g/mol. The number of hydrogen-bond acceptors (Lipinski definition) is 24. The van der Waals surface area contributed by atoms with Crippen LogP contribution in [0.15, 0.2) is 107 Å². The van der Waals surface area contributed by atoms with Crippen LogP contribution >= 0.6 is 23.7 Å². The van der Waals surface area contributed by atoms with Crippen molar-refractivity contribution in [2.45, 2.75) is 174 Å². The van der Waals surface area contributed by atoms with Crippen LogP contribution in [0.25, 0.3) is 23.1 Å². The highest BCUT2D eigenvalue weighted by atomic mass is 32.2. The van der Waals surface area contributed by atoms with Crippen LogP contribution in [-0.2, 0) is 59.1 Å². The summed E-state index contributed by atoms with van der Waals surface area (Å²) in [5.41, 5.74) is 32.7. The first-order valence-corrected chi connectivity index (χ1v) is 37.9. The quantitative estimate of drug-likeness (QED) is 0.0217. The molecule has 0 bridgehead atoms. The zero-order chi connectivity index (χ0) is 80.6. The Kier molecular flexibility index (Phi) is 36.4. The number of aliphatic hydroxyl groups excluding tert-OH is 2. The van der Waals surface area contributed by atoms with Crippen molar-refractivity contribution >= 4 is 118 Å². The predicted octanol–water partition coefficient (Wildman–Crippen LogP) is -2.23. The number of pyridine rings is 1. The highest BCUT2D eigenvalue weighted by Gasteiger charge is 2.38. The van der Waals surface area contributed by atoms with Gasteiger partial charge in [0, 0.05) is 41.4 Å². The highest BCUT2D eigenvalue weighted by Crippen LogP contribution is 2.35. The fourth-order valence-corrected chi connectivity index (χ4v) is 13.3. The van der Waals surface area contributed by atoms with E-state index in [2.05, 4.69) is 68.8 Å². The van der Waals surface area contributed by atoms with Crippen molar-refractivity contribution in [3.8, 4) is 0 Å². The molecule has 5 aromatic rings. The van der Waals surface area contributed by atoms with Gasteiger partial charge in [-0.15, -0.1) is 0 Å². The fourth-order valence-electron chi connectivity index (χ4n) is 11.5. The number of fused-ring (bicyclic) bond motifs is 1. The maximum atomic E-state index is 14.7. The molecular weight excluding hydrogens is 1460 g/mol. The van der Waals surface area contributed by atoms with Crippen LogP contribution in [0.2, 0.25) is 0 Å². The van der Waals surface area contributed by atoms with Gasteiger partial charge < -0.3 is 107 Å². The number of alkyl carbamates (subject to hydrolysis) is 1. The lowest BCUT2D eigenvalue weighted by Crippen LogP contribution is -2.62. The molecule has 3 aromatic carbocycles. The van der Waals surface area contributed by atoms with Gasteiger partial charge in [-0.25, -0.2) is 8.88 Å². The topological polar surface area (TPSA) is 560 Å². The van der Waals surface area contributed by atoms with E-state index in [0.717, 1.165) is 15.2 Å². The molecular formula is C73H104N20O15S2. The zero-order valence-corrected chi connectivity index (χ0v) is 64.0. The minimum absolute atomic E-state index is 0.0238. The van der Waals surface area contributed by atoms with Crippen molar-refractivity contribution in [3.63, 3.8) is 0 Å². The summed E-state index contributed by atoms with van der Waals surface area (Å²) in [5.74, 6) is -10.3. The van der Waals surface area contributed by atoms with E-state index in [-0.39, 0.29) is 96.1 Å². The lowest BCUT2D eigenvalue weighted by molar-refractivity contribution is -0.136. The average Bonchev–Trinajstić information content (AvgIpc) is 1.63. The van der Waals surface area contributed by atoms with Gasteiger partial charge in [-0.1, -0.05) is 74.1 Å². The van der Waals surface area contributed by atoms with Crippen molar-refractivity contribution in [1.82, 2.24) is 78.0 Å². The third-order valence-corrected chi connectivity index (χ3v) is 19.3. The fraction of sp³-hybridized carbons (Fsp3) is 0.479. The lowest BCUT2D eigenvalue weighted by atomic mass is 10.00. The summed E-state index contributed by atoms with van der Waals surface area (Å²) in [6.45, 7) is 6.00. The largest absolute Gasteiger partial charge is 0.448 e. The summed E-state index contributed by atoms with van der Waals surface area (Å²) < 4.78 is 7.32. The van der Waals surface area contributed by atoms with Gasteiger partial charge in [0.25, 0.3) is 5.91 Å². The van der Waals surface area contributed by atoms with Crippen LogP contribution in [0.4, 0.5) is 4.79 Å². The molecule has 24 N–H and O–H groups in total. The van der Waals surface area contributed by atoms with E-state index < -0.39 is 156 Å². The molecule has 1 aliphatic heterocycles. The molecule has 0 saturated carbocycles. The van der Waals surface area contributed by atoms with Gasteiger partial charge in [-0.3, -0.25) is 57.7 Å². The molecule has 1 saturated heterocycles. The number of amides is 12. The Morgan fingerprint density at radius 1 is 0.627 bits per heavy atom. The van der Waals surface area contributed by atoms with Crippen LogP contribution in [-0.4, -0.2) is 226 Å². The van der Waals surface area contributed by atoms with Crippen molar-refractivity contribution in [2.75, 3.05) is 52.9 Å². The van der Waals surface area contributed by atoms with Gasteiger partial charge >= 0.3 is 6.09 Å². The number of benzene rings is 3. The molecule has 6 rings (SSSR count). The molecule has 1 aliphatic rings. The van der Waals surface area contributed by atoms with E-state index in [1.807, 2.05) is 54.6 Å². The second-order valence-electron chi connectivity index (χ2n) is 26.6. The third kappa shape index (κ3) is 27.5. The van der Waals surface area contributed by atoms with Gasteiger partial charge in [-0.05, 0) is 176 Å². The maximum absolute atomic E-state index is 14.7. The number of aliphatic hydroxyl groups is 2. The van der Waals surface area contributed by atoms with Crippen LogP contribution < -0.4 is 92.5 Å². The summed E-state index contributed by atoms with van der Waals surface area (Å²) in [4.78, 5) is 175. The number of hydrogen-bond donors (Lipinski definition) is 19. The van der Waals surface area contributed by atoms with Crippen molar-refractivity contribution in [2.24, 2.45) is 34.6 Å².